The summed E-state index contributed by atoms with van der Waals surface area (Å²) in [7, 11) is 0. The molecule has 2 aromatic rings. The SMILES string of the molecule is CCCC(=O)Nc1ccc(C(=O)COC(=O)COc2cc(C)c(Cl)cc2C(C)C)cc1. The Hall–Kier alpha value is -2.86. The Morgan fingerprint density at radius 1 is 1.06 bits per heavy atom. The molecule has 0 aliphatic rings. The number of Topliss-reactive ketones (excluding diaryl/α,β-unsaturated/α-hetero) is 1. The average Bonchev–Trinajstić information content (AvgIpc) is 2.73. The third-order valence-electron chi connectivity index (χ3n) is 4.59. The Bertz CT molecular complexity index is 938. The van der Waals surface area contributed by atoms with Crippen LogP contribution in [0.25, 0.3) is 0 Å². The van der Waals surface area contributed by atoms with Crippen LogP contribution >= 0.6 is 11.6 Å². The highest BCUT2D eigenvalue weighted by atomic mass is 35.5. The maximum atomic E-state index is 12.3. The summed E-state index contributed by atoms with van der Waals surface area (Å²) in [5.74, 6) is -0.322. The molecule has 31 heavy (non-hydrogen) atoms. The predicted octanol–water partition coefficient (Wildman–Crippen LogP) is 5.32. The van der Waals surface area contributed by atoms with Crippen LogP contribution in [0.4, 0.5) is 5.69 Å². The summed E-state index contributed by atoms with van der Waals surface area (Å²) in [5, 5.41) is 3.39. The largest absolute Gasteiger partial charge is 0.482 e. The summed E-state index contributed by atoms with van der Waals surface area (Å²) >= 11 is 6.18. The van der Waals surface area contributed by atoms with Crippen LogP contribution in [-0.4, -0.2) is 30.9 Å². The van der Waals surface area contributed by atoms with Gasteiger partial charge in [0, 0.05) is 22.7 Å². The molecule has 0 heterocycles. The van der Waals surface area contributed by atoms with Crippen molar-refractivity contribution >= 4 is 34.9 Å². The molecule has 7 heteroatoms. The molecule has 1 amide bonds. The number of aryl methyl sites for hydroxylation is 1. The van der Waals surface area contributed by atoms with Crippen LogP contribution in [0.15, 0.2) is 36.4 Å². The van der Waals surface area contributed by atoms with Gasteiger partial charge in [0.1, 0.15) is 5.75 Å². The van der Waals surface area contributed by atoms with Crippen LogP contribution < -0.4 is 10.1 Å². The lowest BCUT2D eigenvalue weighted by Crippen LogP contribution is -2.20. The Morgan fingerprint density at radius 3 is 2.35 bits per heavy atom. The maximum absolute atomic E-state index is 12.3. The molecule has 0 saturated heterocycles. The van der Waals surface area contributed by atoms with E-state index in [-0.39, 0.29) is 30.8 Å². The lowest BCUT2D eigenvalue weighted by molar-refractivity contribution is -0.144. The second-order valence-electron chi connectivity index (χ2n) is 7.54. The molecule has 0 aliphatic heterocycles. The number of carbonyl (C=O) groups excluding carboxylic acids is 3. The van der Waals surface area contributed by atoms with E-state index in [2.05, 4.69) is 5.32 Å². The molecule has 0 unspecified atom stereocenters. The number of halogens is 1. The first-order valence-electron chi connectivity index (χ1n) is 10.2. The highest BCUT2D eigenvalue weighted by molar-refractivity contribution is 6.31. The Balaban J connectivity index is 1.87. The van der Waals surface area contributed by atoms with Gasteiger partial charge in [-0.25, -0.2) is 4.79 Å². The number of rotatable bonds is 10. The van der Waals surface area contributed by atoms with Crippen molar-refractivity contribution in [2.45, 2.75) is 46.5 Å². The van der Waals surface area contributed by atoms with E-state index in [0.29, 0.717) is 28.4 Å². The molecular formula is C24H28ClNO5. The normalized spacial score (nSPS) is 10.6. The molecule has 1 N–H and O–H groups in total. The van der Waals surface area contributed by atoms with Gasteiger partial charge in [0.25, 0.3) is 0 Å². The fourth-order valence-electron chi connectivity index (χ4n) is 2.84. The molecule has 2 rings (SSSR count). The molecule has 0 spiro atoms. The summed E-state index contributed by atoms with van der Waals surface area (Å²) in [6.07, 6.45) is 1.20. The number of hydrogen-bond donors (Lipinski definition) is 1. The van der Waals surface area contributed by atoms with E-state index in [9.17, 15) is 14.4 Å². The van der Waals surface area contributed by atoms with Gasteiger partial charge in [-0.15, -0.1) is 0 Å². The van der Waals surface area contributed by atoms with Crippen molar-refractivity contribution in [3.8, 4) is 5.75 Å². The topological polar surface area (TPSA) is 81.7 Å². The number of benzene rings is 2. The minimum atomic E-state index is -0.640. The van der Waals surface area contributed by atoms with E-state index in [4.69, 9.17) is 21.1 Å². The van der Waals surface area contributed by atoms with E-state index < -0.39 is 5.97 Å². The highest BCUT2D eigenvalue weighted by Crippen LogP contribution is 2.32. The quantitative estimate of drug-likeness (QED) is 0.395. The van der Waals surface area contributed by atoms with Crippen molar-refractivity contribution in [1.82, 2.24) is 0 Å². The average molecular weight is 446 g/mol. The highest BCUT2D eigenvalue weighted by Gasteiger charge is 2.15. The summed E-state index contributed by atoms with van der Waals surface area (Å²) in [6.45, 7) is 7.10. The van der Waals surface area contributed by atoms with Gasteiger partial charge in [0.2, 0.25) is 5.91 Å². The van der Waals surface area contributed by atoms with E-state index in [1.165, 1.54) is 0 Å². The van der Waals surface area contributed by atoms with Gasteiger partial charge < -0.3 is 14.8 Å². The van der Waals surface area contributed by atoms with Gasteiger partial charge >= 0.3 is 5.97 Å². The fraction of sp³-hybridized carbons (Fsp3) is 0.375. The smallest absolute Gasteiger partial charge is 0.344 e. The zero-order valence-corrected chi connectivity index (χ0v) is 19.0. The third kappa shape index (κ3) is 7.40. The number of ether oxygens (including phenoxy) is 2. The van der Waals surface area contributed by atoms with Crippen LogP contribution in [0.1, 0.15) is 61.0 Å². The summed E-state index contributed by atoms with van der Waals surface area (Å²) in [6, 6.07) is 10.1. The maximum Gasteiger partial charge on any atom is 0.344 e. The lowest BCUT2D eigenvalue weighted by Gasteiger charge is -2.15. The van der Waals surface area contributed by atoms with E-state index in [0.717, 1.165) is 17.5 Å². The Kier molecular flexibility index (Phi) is 9.06. The molecule has 0 bridgehead atoms. The van der Waals surface area contributed by atoms with E-state index in [1.54, 1.807) is 30.3 Å². The molecule has 6 nitrogen and oxygen atoms in total. The number of hydrogen-bond acceptors (Lipinski definition) is 5. The molecule has 0 saturated carbocycles. The summed E-state index contributed by atoms with van der Waals surface area (Å²) in [5.41, 5.74) is 2.74. The van der Waals surface area contributed by atoms with Crippen molar-refractivity contribution in [3.05, 3.63) is 58.1 Å². The van der Waals surface area contributed by atoms with Crippen molar-refractivity contribution < 1.29 is 23.9 Å². The molecule has 166 valence electrons. The lowest BCUT2D eigenvalue weighted by atomic mass is 10.0. The van der Waals surface area contributed by atoms with Crippen molar-refractivity contribution in [3.63, 3.8) is 0 Å². The Labute approximate surface area is 187 Å². The second-order valence-corrected chi connectivity index (χ2v) is 7.95. The van der Waals surface area contributed by atoms with Gasteiger partial charge in [-0.1, -0.05) is 32.4 Å². The van der Waals surface area contributed by atoms with Crippen molar-refractivity contribution in [2.24, 2.45) is 0 Å². The summed E-state index contributed by atoms with van der Waals surface area (Å²) < 4.78 is 10.7. The van der Waals surface area contributed by atoms with E-state index >= 15 is 0 Å². The van der Waals surface area contributed by atoms with Gasteiger partial charge in [0.05, 0.1) is 0 Å². The molecule has 0 aromatic heterocycles. The molecule has 0 radical (unpaired) electrons. The fourth-order valence-corrected chi connectivity index (χ4v) is 3.02. The standard InChI is InChI=1S/C24H28ClNO5/c1-5-6-23(28)26-18-9-7-17(8-10-18)21(27)13-31-24(29)14-30-22-11-16(4)20(25)12-19(22)15(2)3/h7-12,15H,5-6,13-14H2,1-4H3,(H,26,28). The van der Waals surface area contributed by atoms with Crippen LogP contribution in [0.5, 0.6) is 5.75 Å². The number of carbonyl (C=O) groups is 3. The molecular weight excluding hydrogens is 418 g/mol. The van der Waals surface area contributed by atoms with Crippen molar-refractivity contribution in [1.29, 1.82) is 0 Å². The molecule has 0 aliphatic carbocycles. The van der Waals surface area contributed by atoms with Crippen molar-refractivity contribution in [2.75, 3.05) is 18.5 Å². The van der Waals surface area contributed by atoms with Crippen LogP contribution in [0, 0.1) is 6.92 Å². The van der Waals surface area contributed by atoms with Crippen LogP contribution in [0.3, 0.4) is 0 Å². The van der Waals surface area contributed by atoms with Gasteiger partial charge in [-0.2, -0.15) is 0 Å². The molecule has 2 aromatic carbocycles. The van der Waals surface area contributed by atoms with E-state index in [1.807, 2.05) is 33.8 Å². The van der Waals surface area contributed by atoms with Gasteiger partial charge in [-0.3, -0.25) is 9.59 Å². The monoisotopic (exact) mass is 445 g/mol. The first kappa shape index (κ1) is 24.4. The zero-order valence-electron chi connectivity index (χ0n) is 18.3. The molecule has 0 fully saturated rings. The number of ketones is 1. The Morgan fingerprint density at radius 2 is 1.74 bits per heavy atom. The number of esters is 1. The third-order valence-corrected chi connectivity index (χ3v) is 5.00. The van der Waals surface area contributed by atoms with Gasteiger partial charge in [-0.05, 0) is 66.8 Å². The number of amides is 1. The second kappa shape index (κ2) is 11.5. The predicted molar refractivity (Wildman–Crippen MR) is 121 cm³/mol. The number of anilines is 1. The minimum absolute atomic E-state index is 0.0768. The van der Waals surface area contributed by atoms with Crippen LogP contribution in [-0.2, 0) is 14.3 Å². The summed E-state index contributed by atoms with van der Waals surface area (Å²) in [4.78, 5) is 35.9. The first-order valence-corrected chi connectivity index (χ1v) is 10.6. The zero-order chi connectivity index (χ0) is 23.0. The van der Waals surface area contributed by atoms with Gasteiger partial charge in [0.15, 0.2) is 19.0 Å². The number of nitrogens with one attached hydrogen (secondary N) is 1. The molecule has 0 atom stereocenters. The minimum Gasteiger partial charge on any atom is -0.482 e. The van der Waals surface area contributed by atoms with Crippen LogP contribution in [0.2, 0.25) is 5.02 Å². The first-order chi connectivity index (χ1) is 14.7.